The van der Waals surface area contributed by atoms with Gasteiger partial charge in [0, 0.05) is 23.5 Å². The van der Waals surface area contributed by atoms with E-state index in [1.165, 1.54) is 0 Å². The third kappa shape index (κ3) is 3.95. The lowest BCUT2D eigenvalue weighted by atomic mass is 9.85. The monoisotopic (exact) mass is 373 g/mol. The molecule has 0 atom stereocenters. The SMILES string of the molecule is CCN(CC(=O)O)C1CC(NC(=O)c2cc3cnn(C(C)C)c3nc2C)C1. The quantitative estimate of drug-likeness (QED) is 0.770. The largest absolute Gasteiger partial charge is 0.480 e. The third-order valence-electron chi connectivity index (χ3n) is 5.20. The minimum Gasteiger partial charge on any atom is -0.480 e. The van der Waals surface area contributed by atoms with Gasteiger partial charge in [-0.05, 0) is 46.2 Å². The Balaban J connectivity index is 1.66. The molecule has 8 heteroatoms. The average Bonchev–Trinajstić information content (AvgIpc) is 2.97. The number of carbonyl (C=O) groups excluding carboxylic acids is 1. The summed E-state index contributed by atoms with van der Waals surface area (Å²) in [6, 6.07) is 2.33. The van der Waals surface area contributed by atoms with Crippen molar-refractivity contribution in [1.29, 1.82) is 0 Å². The van der Waals surface area contributed by atoms with Crippen LogP contribution in [0.15, 0.2) is 12.3 Å². The van der Waals surface area contributed by atoms with Crippen molar-refractivity contribution >= 4 is 22.9 Å². The molecule has 27 heavy (non-hydrogen) atoms. The Morgan fingerprint density at radius 3 is 2.70 bits per heavy atom. The fraction of sp³-hybridized carbons (Fsp3) is 0.579. The van der Waals surface area contributed by atoms with Crippen molar-refractivity contribution in [3.63, 3.8) is 0 Å². The molecule has 1 aliphatic carbocycles. The van der Waals surface area contributed by atoms with E-state index in [4.69, 9.17) is 5.11 Å². The van der Waals surface area contributed by atoms with Gasteiger partial charge in [0.05, 0.1) is 24.0 Å². The smallest absolute Gasteiger partial charge is 0.317 e. The molecule has 2 aromatic rings. The number of carboxylic acid groups (broad SMARTS) is 1. The van der Waals surface area contributed by atoms with Crippen LogP contribution in [-0.2, 0) is 4.79 Å². The maximum atomic E-state index is 12.7. The lowest BCUT2D eigenvalue weighted by Gasteiger charge is -2.42. The van der Waals surface area contributed by atoms with Crippen molar-refractivity contribution in [2.75, 3.05) is 13.1 Å². The number of carbonyl (C=O) groups is 2. The van der Waals surface area contributed by atoms with Gasteiger partial charge in [0.2, 0.25) is 0 Å². The van der Waals surface area contributed by atoms with Crippen LogP contribution in [-0.4, -0.2) is 61.8 Å². The van der Waals surface area contributed by atoms with Crippen molar-refractivity contribution in [2.45, 2.75) is 58.7 Å². The van der Waals surface area contributed by atoms with Crippen LogP contribution in [0.25, 0.3) is 11.0 Å². The first kappa shape index (κ1) is 19.3. The predicted octanol–water partition coefficient (Wildman–Crippen LogP) is 1.99. The van der Waals surface area contributed by atoms with E-state index in [2.05, 4.69) is 15.4 Å². The van der Waals surface area contributed by atoms with Crippen molar-refractivity contribution in [1.82, 2.24) is 25.0 Å². The van der Waals surface area contributed by atoms with E-state index in [0.29, 0.717) is 17.8 Å². The molecule has 0 aromatic carbocycles. The Hall–Kier alpha value is -2.48. The first-order valence-corrected chi connectivity index (χ1v) is 9.41. The number of likely N-dealkylation sites (N-methyl/N-ethyl adjacent to an activating group) is 1. The molecular formula is C19H27N5O3. The summed E-state index contributed by atoms with van der Waals surface area (Å²) in [6.45, 7) is 8.61. The number of pyridine rings is 1. The second-order valence-corrected chi connectivity index (χ2v) is 7.47. The summed E-state index contributed by atoms with van der Waals surface area (Å²) in [5.41, 5.74) is 2.03. The van der Waals surface area contributed by atoms with Gasteiger partial charge >= 0.3 is 5.97 Å². The van der Waals surface area contributed by atoms with Crippen LogP contribution in [0.4, 0.5) is 0 Å². The van der Waals surface area contributed by atoms with E-state index in [-0.39, 0.29) is 30.6 Å². The van der Waals surface area contributed by atoms with Crippen molar-refractivity contribution < 1.29 is 14.7 Å². The zero-order chi connectivity index (χ0) is 19.7. The molecule has 2 N–H and O–H groups in total. The lowest BCUT2D eigenvalue weighted by Crippen LogP contribution is -2.54. The molecular weight excluding hydrogens is 346 g/mol. The summed E-state index contributed by atoms with van der Waals surface area (Å²) in [4.78, 5) is 30.1. The van der Waals surface area contributed by atoms with Gasteiger partial charge in [-0.15, -0.1) is 0 Å². The highest BCUT2D eigenvalue weighted by Crippen LogP contribution is 2.26. The second kappa shape index (κ2) is 7.64. The number of aryl methyl sites for hydroxylation is 1. The van der Waals surface area contributed by atoms with Crippen LogP contribution in [0, 0.1) is 6.92 Å². The molecule has 0 bridgehead atoms. The highest BCUT2D eigenvalue weighted by Gasteiger charge is 2.35. The molecule has 146 valence electrons. The Bertz CT molecular complexity index is 854. The maximum absolute atomic E-state index is 12.7. The predicted molar refractivity (Wildman–Crippen MR) is 102 cm³/mol. The Morgan fingerprint density at radius 2 is 2.11 bits per heavy atom. The fourth-order valence-corrected chi connectivity index (χ4v) is 3.61. The normalized spacial score (nSPS) is 19.5. The summed E-state index contributed by atoms with van der Waals surface area (Å²) in [5.74, 6) is -0.954. The molecule has 0 unspecified atom stereocenters. The lowest BCUT2D eigenvalue weighted by molar-refractivity contribution is -0.139. The van der Waals surface area contributed by atoms with E-state index in [1.54, 1.807) is 6.20 Å². The van der Waals surface area contributed by atoms with Crippen LogP contribution in [0.2, 0.25) is 0 Å². The number of hydrogen-bond acceptors (Lipinski definition) is 5. The summed E-state index contributed by atoms with van der Waals surface area (Å²) >= 11 is 0. The van der Waals surface area contributed by atoms with Gasteiger partial charge in [-0.3, -0.25) is 14.5 Å². The van der Waals surface area contributed by atoms with Gasteiger partial charge < -0.3 is 10.4 Å². The minimum atomic E-state index is -0.818. The summed E-state index contributed by atoms with van der Waals surface area (Å²) in [5, 5.41) is 17.2. The first-order chi connectivity index (χ1) is 12.8. The fourth-order valence-electron chi connectivity index (χ4n) is 3.61. The van der Waals surface area contributed by atoms with Gasteiger partial charge in [-0.1, -0.05) is 6.92 Å². The topological polar surface area (TPSA) is 100 Å². The molecule has 1 fully saturated rings. The summed E-state index contributed by atoms with van der Waals surface area (Å²) in [6.07, 6.45) is 3.28. The van der Waals surface area contributed by atoms with Crippen molar-refractivity contribution in [3.8, 4) is 0 Å². The first-order valence-electron chi connectivity index (χ1n) is 9.41. The average molecular weight is 373 g/mol. The molecule has 0 spiro atoms. The molecule has 0 saturated heterocycles. The van der Waals surface area contributed by atoms with Gasteiger partial charge in [0.1, 0.15) is 0 Å². The van der Waals surface area contributed by atoms with Crippen LogP contribution >= 0.6 is 0 Å². The molecule has 2 heterocycles. The van der Waals surface area contributed by atoms with Gasteiger partial charge in [-0.2, -0.15) is 5.10 Å². The van der Waals surface area contributed by atoms with Gasteiger partial charge in [0.25, 0.3) is 5.91 Å². The highest BCUT2D eigenvalue weighted by atomic mass is 16.4. The molecule has 0 radical (unpaired) electrons. The Morgan fingerprint density at radius 1 is 1.41 bits per heavy atom. The van der Waals surface area contributed by atoms with E-state index in [1.807, 2.05) is 43.3 Å². The molecule has 2 aromatic heterocycles. The number of hydrogen-bond donors (Lipinski definition) is 2. The number of amides is 1. The molecule has 1 amide bonds. The van der Waals surface area contributed by atoms with Gasteiger partial charge in [0.15, 0.2) is 5.65 Å². The number of carboxylic acids is 1. The van der Waals surface area contributed by atoms with E-state index >= 15 is 0 Å². The summed E-state index contributed by atoms with van der Waals surface area (Å²) in [7, 11) is 0. The number of aromatic nitrogens is 3. The molecule has 0 aliphatic heterocycles. The highest BCUT2D eigenvalue weighted by molar-refractivity contribution is 5.98. The number of fused-ring (bicyclic) bond motifs is 1. The van der Waals surface area contributed by atoms with Crippen molar-refractivity contribution in [3.05, 3.63) is 23.5 Å². The molecule has 1 saturated carbocycles. The van der Waals surface area contributed by atoms with Crippen LogP contribution in [0.1, 0.15) is 55.7 Å². The zero-order valence-corrected chi connectivity index (χ0v) is 16.3. The zero-order valence-electron chi connectivity index (χ0n) is 16.3. The third-order valence-corrected chi connectivity index (χ3v) is 5.20. The van der Waals surface area contributed by atoms with Crippen LogP contribution < -0.4 is 5.32 Å². The maximum Gasteiger partial charge on any atom is 0.317 e. The van der Waals surface area contributed by atoms with Crippen molar-refractivity contribution in [2.24, 2.45) is 0 Å². The van der Waals surface area contributed by atoms with Crippen LogP contribution in [0.3, 0.4) is 0 Å². The molecule has 1 aliphatic rings. The minimum absolute atomic E-state index is 0.0430. The number of aliphatic carboxylic acids is 1. The molecule has 8 nitrogen and oxygen atoms in total. The standard InChI is InChI=1S/C19H27N5O3/c1-5-23(10-17(25)26)15-7-14(8-15)22-19(27)16-6-13-9-20-24(11(2)3)18(13)21-12(16)4/h6,9,11,14-15H,5,7-8,10H2,1-4H3,(H,22,27)(H,25,26). The Labute approximate surface area is 158 Å². The molecule has 3 rings (SSSR count). The van der Waals surface area contributed by atoms with E-state index in [0.717, 1.165) is 23.9 Å². The number of nitrogens with zero attached hydrogens (tertiary/aromatic N) is 4. The van der Waals surface area contributed by atoms with Gasteiger partial charge in [-0.25, -0.2) is 9.67 Å². The second-order valence-electron chi connectivity index (χ2n) is 7.47. The number of nitrogens with one attached hydrogen (secondary N) is 1. The van der Waals surface area contributed by atoms with Crippen LogP contribution in [0.5, 0.6) is 0 Å². The summed E-state index contributed by atoms with van der Waals surface area (Å²) < 4.78 is 1.85. The van der Waals surface area contributed by atoms with E-state index in [9.17, 15) is 9.59 Å². The van der Waals surface area contributed by atoms with E-state index < -0.39 is 5.97 Å². The number of rotatable bonds is 7. The Kier molecular flexibility index (Phi) is 5.46.